The first-order valence-corrected chi connectivity index (χ1v) is 11.1. The topological polar surface area (TPSA) is 134 Å². The summed E-state index contributed by atoms with van der Waals surface area (Å²) in [6.07, 6.45) is -0.633. The van der Waals surface area contributed by atoms with Gasteiger partial charge < -0.3 is 25.8 Å². The number of carbonyl (C=O) groups is 4. The molecule has 184 valence electrons. The normalized spacial score (nSPS) is 14.2. The van der Waals surface area contributed by atoms with Crippen molar-refractivity contribution in [1.82, 2.24) is 16.0 Å². The summed E-state index contributed by atoms with van der Waals surface area (Å²) in [5.41, 5.74) is 0.0318. The number of nitrogens with one attached hydrogen (secondary N) is 3. The highest BCUT2D eigenvalue weighted by Gasteiger charge is 2.33. The number of hydrogen-bond donors (Lipinski definition) is 4. The molecule has 0 saturated heterocycles. The lowest BCUT2D eigenvalue weighted by Crippen LogP contribution is -2.58. The summed E-state index contributed by atoms with van der Waals surface area (Å²) in [5.74, 6) is -2.94. The number of benzene rings is 1. The minimum absolute atomic E-state index is 0.107. The second-order valence-electron chi connectivity index (χ2n) is 9.69. The number of ether oxygens (including phenoxy) is 1. The molecule has 0 spiro atoms. The maximum atomic E-state index is 12.9. The van der Waals surface area contributed by atoms with E-state index in [0.717, 1.165) is 5.56 Å². The van der Waals surface area contributed by atoms with Crippen LogP contribution in [0.5, 0.6) is 0 Å². The summed E-state index contributed by atoms with van der Waals surface area (Å²) in [7, 11) is 0. The van der Waals surface area contributed by atoms with Gasteiger partial charge in [0, 0.05) is 6.42 Å². The van der Waals surface area contributed by atoms with Crippen molar-refractivity contribution >= 4 is 23.9 Å². The van der Waals surface area contributed by atoms with Crippen molar-refractivity contribution in [3.05, 3.63) is 35.9 Å². The molecule has 33 heavy (non-hydrogen) atoms. The quantitative estimate of drug-likeness (QED) is 0.421. The summed E-state index contributed by atoms with van der Waals surface area (Å²) in [6, 6.07) is 5.87. The van der Waals surface area contributed by atoms with Crippen LogP contribution in [-0.2, 0) is 25.5 Å². The van der Waals surface area contributed by atoms with Crippen LogP contribution in [0.3, 0.4) is 0 Å². The van der Waals surface area contributed by atoms with Gasteiger partial charge in [-0.2, -0.15) is 0 Å². The number of hydrogen-bond acceptors (Lipinski definition) is 5. The van der Waals surface area contributed by atoms with Crippen molar-refractivity contribution in [3.8, 4) is 0 Å². The molecule has 3 atom stereocenters. The average Bonchev–Trinajstić information content (AvgIpc) is 2.68. The summed E-state index contributed by atoms with van der Waals surface area (Å²) in [4.78, 5) is 49.8. The van der Waals surface area contributed by atoms with E-state index in [1.54, 1.807) is 72.7 Å². The number of carbonyl (C=O) groups excluding carboxylic acids is 3. The highest BCUT2D eigenvalue weighted by molar-refractivity contribution is 5.93. The van der Waals surface area contributed by atoms with Gasteiger partial charge in [0.05, 0.1) is 0 Å². The van der Waals surface area contributed by atoms with E-state index in [2.05, 4.69) is 16.0 Å². The largest absolute Gasteiger partial charge is 0.480 e. The third-order valence-electron chi connectivity index (χ3n) is 4.77. The molecular weight excluding hydrogens is 426 g/mol. The van der Waals surface area contributed by atoms with Crippen LogP contribution < -0.4 is 16.0 Å². The van der Waals surface area contributed by atoms with Crippen molar-refractivity contribution in [2.24, 2.45) is 11.8 Å². The number of rotatable bonds is 10. The van der Waals surface area contributed by atoms with Crippen molar-refractivity contribution in [3.63, 3.8) is 0 Å². The number of alkyl carbamates (subject to hydrolysis) is 1. The molecule has 0 aliphatic heterocycles. The highest BCUT2D eigenvalue weighted by atomic mass is 16.6. The van der Waals surface area contributed by atoms with E-state index in [1.807, 2.05) is 6.07 Å². The Morgan fingerprint density at radius 2 is 1.33 bits per heavy atom. The Labute approximate surface area is 195 Å². The summed E-state index contributed by atoms with van der Waals surface area (Å²) in [5, 5.41) is 17.3. The molecule has 0 heterocycles. The Kier molecular flexibility index (Phi) is 10.3. The molecular formula is C24H37N3O6. The van der Waals surface area contributed by atoms with Gasteiger partial charge in [-0.05, 0) is 38.2 Å². The lowest BCUT2D eigenvalue weighted by Gasteiger charge is -2.28. The molecule has 0 aliphatic rings. The van der Waals surface area contributed by atoms with E-state index in [0.29, 0.717) is 0 Å². The summed E-state index contributed by atoms with van der Waals surface area (Å²) in [6.45, 7) is 12.1. The van der Waals surface area contributed by atoms with E-state index >= 15 is 0 Å². The fourth-order valence-electron chi connectivity index (χ4n) is 3.06. The van der Waals surface area contributed by atoms with E-state index < -0.39 is 47.6 Å². The zero-order valence-electron chi connectivity index (χ0n) is 20.5. The molecule has 1 aromatic rings. The molecule has 9 heteroatoms. The van der Waals surface area contributed by atoms with Crippen molar-refractivity contribution in [1.29, 1.82) is 0 Å². The lowest BCUT2D eigenvalue weighted by atomic mass is 9.99. The van der Waals surface area contributed by atoms with Crippen LogP contribution in [0, 0.1) is 11.8 Å². The first-order chi connectivity index (χ1) is 15.2. The van der Waals surface area contributed by atoms with Crippen molar-refractivity contribution in [2.45, 2.75) is 78.6 Å². The predicted molar refractivity (Wildman–Crippen MR) is 124 cm³/mol. The Bertz CT molecular complexity index is 817. The maximum Gasteiger partial charge on any atom is 0.408 e. The van der Waals surface area contributed by atoms with Gasteiger partial charge in [0.25, 0.3) is 0 Å². The van der Waals surface area contributed by atoms with Crippen molar-refractivity contribution < 1.29 is 29.0 Å². The average molecular weight is 464 g/mol. The van der Waals surface area contributed by atoms with Crippen LogP contribution in [-0.4, -0.2) is 52.7 Å². The maximum absolute atomic E-state index is 12.9. The second kappa shape index (κ2) is 12.2. The standard InChI is InChI=1S/C24H37N3O6/c1-14(2)18(20(28)25-17(22(30)31)13-16-11-9-8-10-12-16)26-21(29)19(15(3)4)27-23(32)33-24(5,6)7/h8-12,14-15,17-19H,13H2,1-7H3,(H,25,28)(H,26,29)(H,27,32)(H,30,31)/t17-,18-,19-/m0/s1. The van der Waals surface area contributed by atoms with Crippen LogP contribution in [0.1, 0.15) is 54.0 Å². The number of aliphatic carboxylic acids is 1. The number of amides is 3. The van der Waals surface area contributed by atoms with E-state index in [4.69, 9.17) is 4.74 Å². The molecule has 1 aromatic carbocycles. The highest BCUT2D eigenvalue weighted by Crippen LogP contribution is 2.11. The van der Waals surface area contributed by atoms with Crippen LogP contribution in [0.15, 0.2) is 30.3 Å². The number of carboxylic acid groups (broad SMARTS) is 1. The second-order valence-corrected chi connectivity index (χ2v) is 9.69. The van der Waals surface area contributed by atoms with Crippen LogP contribution >= 0.6 is 0 Å². The first kappa shape index (κ1) is 27.9. The van der Waals surface area contributed by atoms with E-state index in [9.17, 15) is 24.3 Å². The smallest absolute Gasteiger partial charge is 0.408 e. The lowest BCUT2D eigenvalue weighted by molar-refractivity contribution is -0.142. The van der Waals surface area contributed by atoms with Gasteiger partial charge in [-0.1, -0.05) is 58.0 Å². The molecule has 0 aliphatic carbocycles. The Hall–Kier alpha value is -3.10. The van der Waals surface area contributed by atoms with E-state index in [-0.39, 0.29) is 18.3 Å². The summed E-state index contributed by atoms with van der Waals surface area (Å²) >= 11 is 0. The zero-order chi connectivity index (χ0) is 25.3. The molecule has 0 radical (unpaired) electrons. The Morgan fingerprint density at radius 3 is 1.79 bits per heavy atom. The Morgan fingerprint density at radius 1 is 0.848 bits per heavy atom. The molecule has 4 N–H and O–H groups in total. The van der Waals surface area contributed by atoms with Crippen LogP contribution in [0.2, 0.25) is 0 Å². The molecule has 3 amide bonds. The van der Waals surface area contributed by atoms with E-state index in [1.165, 1.54) is 0 Å². The van der Waals surface area contributed by atoms with Gasteiger partial charge in [0.2, 0.25) is 11.8 Å². The van der Waals surface area contributed by atoms with Gasteiger partial charge in [-0.15, -0.1) is 0 Å². The monoisotopic (exact) mass is 463 g/mol. The zero-order valence-corrected chi connectivity index (χ0v) is 20.5. The Balaban J connectivity index is 2.92. The predicted octanol–water partition coefficient (Wildman–Crippen LogP) is 2.49. The SMILES string of the molecule is CC(C)[C@H](NC(=O)OC(C)(C)C)C(=O)N[C@H](C(=O)N[C@@H](Cc1ccccc1)C(=O)O)C(C)C. The summed E-state index contributed by atoms with van der Waals surface area (Å²) < 4.78 is 5.23. The molecule has 0 saturated carbocycles. The third-order valence-corrected chi connectivity index (χ3v) is 4.77. The minimum atomic E-state index is -1.17. The van der Waals surface area contributed by atoms with Crippen molar-refractivity contribution in [2.75, 3.05) is 0 Å². The fourth-order valence-corrected chi connectivity index (χ4v) is 3.06. The molecule has 0 fully saturated rings. The van der Waals surface area contributed by atoms with Gasteiger partial charge in [0.1, 0.15) is 23.7 Å². The first-order valence-electron chi connectivity index (χ1n) is 11.1. The molecule has 9 nitrogen and oxygen atoms in total. The van der Waals surface area contributed by atoms with Crippen LogP contribution in [0.25, 0.3) is 0 Å². The molecule has 1 rings (SSSR count). The third kappa shape index (κ3) is 9.93. The number of carboxylic acids is 1. The fraction of sp³-hybridized carbons (Fsp3) is 0.583. The molecule has 0 bridgehead atoms. The van der Waals surface area contributed by atoms with Gasteiger partial charge in [0.15, 0.2) is 0 Å². The van der Waals surface area contributed by atoms with Gasteiger partial charge in [-0.3, -0.25) is 9.59 Å². The molecule has 0 aromatic heterocycles. The molecule has 0 unspecified atom stereocenters. The minimum Gasteiger partial charge on any atom is -0.480 e. The van der Waals surface area contributed by atoms with Gasteiger partial charge in [-0.25, -0.2) is 9.59 Å². The van der Waals surface area contributed by atoms with Gasteiger partial charge >= 0.3 is 12.1 Å². The van der Waals surface area contributed by atoms with Crippen LogP contribution in [0.4, 0.5) is 4.79 Å².